The molecule has 98 valence electrons. The van der Waals surface area contributed by atoms with Crippen LogP contribution in [0.2, 0.25) is 0 Å². The summed E-state index contributed by atoms with van der Waals surface area (Å²) in [6, 6.07) is 19.1. The number of rotatable bonds is 4. The third-order valence-corrected chi connectivity index (χ3v) is 2.87. The first-order valence-electron chi connectivity index (χ1n) is 6.31. The van der Waals surface area contributed by atoms with Crippen LogP contribution in [-0.2, 0) is 0 Å². The number of carbonyl (C=O) groups excluding carboxylic acids is 1. The third-order valence-electron chi connectivity index (χ3n) is 2.87. The molecule has 0 heterocycles. The molecule has 0 aliphatic carbocycles. The molecule has 0 spiro atoms. The Balaban J connectivity index is 1.81. The minimum atomic E-state index is -0.422. The van der Waals surface area contributed by atoms with Gasteiger partial charge in [-0.25, -0.2) is 4.79 Å². The summed E-state index contributed by atoms with van der Waals surface area (Å²) in [5.41, 5.74) is 1.20. The fourth-order valence-electron chi connectivity index (χ4n) is 1.77. The highest BCUT2D eigenvalue weighted by Gasteiger charge is 2.08. The predicted molar refractivity (Wildman–Crippen MR) is 75.3 cm³/mol. The van der Waals surface area contributed by atoms with Gasteiger partial charge in [-0.1, -0.05) is 55.5 Å². The Morgan fingerprint density at radius 1 is 1.05 bits per heavy atom. The van der Waals surface area contributed by atoms with Crippen LogP contribution in [0, 0.1) is 0 Å². The van der Waals surface area contributed by atoms with Crippen LogP contribution in [0.5, 0.6) is 5.75 Å². The summed E-state index contributed by atoms with van der Waals surface area (Å²) in [7, 11) is 0. The van der Waals surface area contributed by atoms with Gasteiger partial charge in [-0.15, -0.1) is 0 Å². The molecule has 2 aromatic carbocycles. The molecule has 0 aliphatic heterocycles. The van der Waals surface area contributed by atoms with Gasteiger partial charge in [-0.2, -0.15) is 0 Å². The second kappa shape index (κ2) is 6.59. The molecular weight excluding hydrogens is 238 g/mol. The molecule has 0 fully saturated rings. The van der Waals surface area contributed by atoms with E-state index in [1.54, 1.807) is 12.1 Å². The standard InChI is InChI=1S/C16H17NO2/c1-13(14-8-4-2-5-9-14)12-17-16(18)19-15-10-6-3-7-11-15/h2-11,13H,12H2,1H3,(H,17,18). The zero-order valence-electron chi connectivity index (χ0n) is 10.9. The average molecular weight is 255 g/mol. The van der Waals surface area contributed by atoms with Crippen molar-refractivity contribution in [3.63, 3.8) is 0 Å². The molecule has 0 bridgehead atoms. The van der Waals surface area contributed by atoms with Crippen molar-refractivity contribution in [3.8, 4) is 5.75 Å². The van der Waals surface area contributed by atoms with Crippen molar-refractivity contribution in [2.45, 2.75) is 12.8 Å². The van der Waals surface area contributed by atoms with Crippen molar-refractivity contribution in [2.24, 2.45) is 0 Å². The van der Waals surface area contributed by atoms with Crippen LogP contribution in [0.3, 0.4) is 0 Å². The number of benzene rings is 2. The molecule has 1 amide bonds. The van der Waals surface area contributed by atoms with E-state index in [0.717, 1.165) is 0 Å². The van der Waals surface area contributed by atoms with Crippen LogP contribution in [0.1, 0.15) is 18.4 Å². The molecule has 3 heteroatoms. The van der Waals surface area contributed by atoms with Crippen LogP contribution in [-0.4, -0.2) is 12.6 Å². The van der Waals surface area contributed by atoms with Crippen molar-refractivity contribution in [1.29, 1.82) is 0 Å². The fourth-order valence-corrected chi connectivity index (χ4v) is 1.77. The molecule has 1 N–H and O–H groups in total. The molecule has 3 nitrogen and oxygen atoms in total. The largest absolute Gasteiger partial charge is 0.412 e. The van der Waals surface area contributed by atoms with E-state index in [1.807, 2.05) is 36.4 Å². The maximum Gasteiger partial charge on any atom is 0.412 e. The van der Waals surface area contributed by atoms with Crippen LogP contribution < -0.4 is 10.1 Å². The normalized spacial score (nSPS) is 11.6. The second-order valence-electron chi connectivity index (χ2n) is 4.40. The summed E-state index contributed by atoms with van der Waals surface area (Å²) >= 11 is 0. The number of para-hydroxylation sites is 1. The Hall–Kier alpha value is -2.29. The van der Waals surface area contributed by atoms with Crippen LogP contribution in [0.4, 0.5) is 4.79 Å². The topological polar surface area (TPSA) is 38.3 Å². The second-order valence-corrected chi connectivity index (χ2v) is 4.40. The zero-order valence-corrected chi connectivity index (χ0v) is 10.9. The van der Waals surface area contributed by atoms with E-state index < -0.39 is 6.09 Å². The summed E-state index contributed by atoms with van der Waals surface area (Å²) in [5, 5.41) is 2.77. The maximum atomic E-state index is 11.6. The molecule has 0 saturated carbocycles. The lowest BCUT2D eigenvalue weighted by molar-refractivity contribution is 0.200. The van der Waals surface area contributed by atoms with Gasteiger partial charge in [0.05, 0.1) is 0 Å². The predicted octanol–water partition coefficient (Wildman–Crippen LogP) is 3.58. The number of hydrogen-bond acceptors (Lipinski definition) is 2. The van der Waals surface area contributed by atoms with E-state index in [2.05, 4.69) is 24.4 Å². The van der Waals surface area contributed by atoms with E-state index in [0.29, 0.717) is 12.3 Å². The Bertz CT molecular complexity index is 511. The molecule has 1 unspecified atom stereocenters. The number of carbonyl (C=O) groups is 1. The van der Waals surface area contributed by atoms with E-state index in [-0.39, 0.29) is 5.92 Å². The fraction of sp³-hybridized carbons (Fsp3) is 0.188. The van der Waals surface area contributed by atoms with E-state index in [4.69, 9.17) is 4.74 Å². The lowest BCUT2D eigenvalue weighted by atomic mass is 10.0. The van der Waals surface area contributed by atoms with E-state index in [1.165, 1.54) is 5.56 Å². The highest BCUT2D eigenvalue weighted by Crippen LogP contribution is 2.13. The lowest BCUT2D eigenvalue weighted by Crippen LogP contribution is -2.30. The first kappa shape index (κ1) is 13.1. The summed E-state index contributed by atoms with van der Waals surface area (Å²) in [6.07, 6.45) is -0.422. The first-order valence-corrected chi connectivity index (χ1v) is 6.31. The number of hydrogen-bond donors (Lipinski definition) is 1. The summed E-state index contributed by atoms with van der Waals surface area (Å²) in [6.45, 7) is 2.62. The van der Waals surface area contributed by atoms with Crippen LogP contribution in [0.15, 0.2) is 60.7 Å². The van der Waals surface area contributed by atoms with Crippen molar-refractivity contribution in [2.75, 3.05) is 6.54 Å². The van der Waals surface area contributed by atoms with E-state index in [9.17, 15) is 4.79 Å². The Kier molecular flexibility index (Phi) is 4.56. The van der Waals surface area contributed by atoms with Gasteiger partial charge in [0.15, 0.2) is 0 Å². The summed E-state index contributed by atoms with van der Waals surface area (Å²) in [4.78, 5) is 11.6. The van der Waals surface area contributed by atoms with Gasteiger partial charge in [0, 0.05) is 6.54 Å². The molecule has 2 aromatic rings. The van der Waals surface area contributed by atoms with Gasteiger partial charge in [0.25, 0.3) is 0 Å². The minimum absolute atomic E-state index is 0.254. The van der Waals surface area contributed by atoms with Gasteiger partial charge in [-0.05, 0) is 23.6 Å². The number of ether oxygens (including phenoxy) is 1. The zero-order chi connectivity index (χ0) is 13.5. The molecule has 0 saturated heterocycles. The monoisotopic (exact) mass is 255 g/mol. The third kappa shape index (κ3) is 4.14. The molecule has 0 radical (unpaired) electrons. The molecule has 19 heavy (non-hydrogen) atoms. The molecule has 1 atom stereocenters. The van der Waals surface area contributed by atoms with Crippen LogP contribution >= 0.6 is 0 Å². The molecular formula is C16H17NO2. The Morgan fingerprint density at radius 2 is 1.63 bits per heavy atom. The minimum Gasteiger partial charge on any atom is -0.410 e. The van der Waals surface area contributed by atoms with Gasteiger partial charge in [0.2, 0.25) is 0 Å². The first-order chi connectivity index (χ1) is 9.25. The smallest absolute Gasteiger partial charge is 0.410 e. The molecule has 0 aliphatic rings. The van der Waals surface area contributed by atoms with Gasteiger partial charge < -0.3 is 10.1 Å². The van der Waals surface area contributed by atoms with Crippen molar-refractivity contribution >= 4 is 6.09 Å². The summed E-state index contributed by atoms with van der Waals surface area (Å²) in [5.74, 6) is 0.803. The average Bonchev–Trinajstić information content (AvgIpc) is 2.47. The highest BCUT2D eigenvalue weighted by molar-refractivity contribution is 5.70. The van der Waals surface area contributed by atoms with Crippen molar-refractivity contribution in [1.82, 2.24) is 5.32 Å². The van der Waals surface area contributed by atoms with Crippen molar-refractivity contribution in [3.05, 3.63) is 66.2 Å². The van der Waals surface area contributed by atoms with Gasteiger partial charge in [-0.3, -0.25) is 0 Å². The lowest BCUT2D eigenvalue weighted by Gasteiger charge is -2.13. The van der Waals surface area contributed by atoms with Crippen molar-refractivity contribution < 1.29 is 9.53 Å². The van der Waals surface area contributed by atoms with E-state index >= 15 is 0 Å². The number of amides is 1. The summed E-state index contributed by atoms with van der Waals surface area (Å²) < 4.78 is 5.15. The maximum absolute atomic E-state index is 11.6. The quantitative estimate of drug-likeness (QED) is 0.906. The Labute approximate surface area is 113 Å². The van der Waals surface area contributed by atoms with Gasteiger partial charge >= 0.3 is 6.09 Å². The Morgan fingerprint density at radius 3 is 2.26 bits per heavy atom. The molecule has 2 rings (SSSR count). The highest BCUT2D eigenvalue weighted by atomic mass is 16.5. The molecule has 0 aromatic heterocycles. The number of nitrogens with one attached hydrogen (secondary N) is 1. The van der Waals surface area contributed by atoms with Gasteiger partial charge in [0.1, 0.15) is 5.75 Å². The SMILES string of the molecule is CC(CNC(=O)Oc1ccccc1)c1ccccc1. The van der Waals surface area contributed by atoms with Crippen LogP contribution in [0.25, 0.3) is 0 Å².